The summed E-state index contributed by atoms with van der Waals surface area (Å²) in [6.45, 7) is 5.50. The van der Waals surface area contributed by atoms with Crippen molar-refractivity contribution in [1.29, 1.82) is 0 Å². The van der Waals surface area contributed by atoms with Crippen LogP contribution < -0.4 is 10.6 Å². The van der Waals surface area contributed by atoms with E-state index in [0.717, 1.165) is 90.6 Å². The van der Waals surface area contributed by atoms with E-state index in [2.05, 4.69) is 20.4 Å². The fourth-order valence-electron chi connectivity index (χ4n) is 4.32. The van der Waals surface area contributed by atoms with Gasteiger partial charge >= 0.3 is 0 Å². The molecule has 6 heteroatoms. The normalized spacial score (nSPS) is 32.0. The molecule has 0 aromatic heterocycles. The van der Waals surface area contributed by atoms with Crippen LogP contribution in [-0.2, 0) is 9.59 Å². The minimum absolute atomic E-state index is 0.0652. The molecule has 3 aliphatic rings. The molecule has 0 radical (unpaired) electrons. The Hall–Kier alpha value is -1.14. The van der Waals surface area contributed by atoms with Crippen LogP contribution in [0.25, 0.3) is 0 Å². The van der Waals surface area contributed by atoms with Gasteiger partial charge in [0.05, 0.1) is 12.1 Å². The lowest BCUT2D eigenvalue weighted by Crippen LogP contribution is -2.45. The van der Waals surface area contributed by atoms with Crippen LogP contribution in [0.1, 0.15) is 51.4 Å². The van der Waals surface area contributed by atoms with E-state index in [1.165, 1.54) is 0 Å². The maximum Gasteiger partial charge on any atom is 0.237 e. The summed E-state index contributed by atoms with van der Waals surface area (Å²) in [5.41, 5.74) is 0. The number of carbonyl (C=O) groups excluding carboxylic acids is 2. The lowest BCUT2D eigenvalue weighted by molar-refractivity contribution is -0.125. The van der Waals surface area contributed by atoms with Crippen LogP contribution in [0.2, 0.25) is 0 Å². The molecule has 3 rings (SSSR count). The fourth-order valence-corrected chi connectivity index (χ4v) is 4.32. The summed E-state index contributed by atoms with van der Waals surface area (Å²) in [7, 11) is 0. The molecule has 0 bridgehead atoms. The molecule has 3 saturated heterocycles. The van der Waals surface area contributed by atoms with E-state index >= 15 is 0 Å². The summed E-state index contributed by atoms with van der Waals surface area (Å²) < 4.78 is 0. The number of carbonyl (C=O) groups is 2. The lowest BCUT2D eigenvalue weighted by atomic mass is 10.1. The molecule has 2 N–H and O–H groups in total. The highest BCUT2D eigenvalue weighted by Crippen LogP contribution is 2.19. The number of amides is 2. The Kier molecular flexibility index (Phi) is 6.49. The largest absolute Gasteiger partial charge is 0.355 e. The fraction of sp³-hybridized carbons (Fsp3) is 0.889. The summed E-state index contributed by atoms with van der Waals surface area (Å²) >= 11 is 0. The number of hydrogen-bond donors (Lipinski definition) is 2. The minimum Gasteiger partial charge on any atom is -0.355 e. The van der Waals surface area contributed by atoms with Crippen LogP contribution in [0.3, 0.4) is 0 Å². The van der Waals surface area contributed by atoms with Gasteiger partial charge in [-0.15, -0.1) is 0 Å². The molecule has 0 aromatic rings. The number of rotatable bonds is 0. The Labute approximate surface area is 145 Å². The van der Waals surface area contributed by atoms with Crippen LogP contribution in [-0.4, -0.2) is 73.0 Å². The van der Waals surface area contributed by atoms with Gasteiger partial charge in [-0.05, 0) is 77.5 Å². The Morgan fingerprint density at radius 1 is 0.625 bits per heavy atom. The van der Waals surface area contributed by atoms with E-state index in [0.29, 0.717) is 0 Å². The van der Waals surface area contributed by atoms with Gasteiger partial charge in [-0.1, -0.05) is 0 Å². The van der Waals surface area contributed by atoms with E-state index in [9.17, 15) is 9.59 Å². The van der Waals surface area contributed by atoms with Gasteiger partial charge in [0.2, 0.25) is 11.8 Å². The molecule has 3 aliphatic heterocycles. The molecule has 2 amide bonds. The van der Waals surface area contributed by atoms with Gasteiger partial charge < -0.3 is 10.6 Å². The van der Waals surface area contributed by atoms with E-state index in [-0.39, 0.29) is 23.9 Å². The average Bonchev–Trinajstić information content (AvgIpc) is 3.22. The van der Waals surface area contributed by atoms with Crippen LogP contribution in [0, 0.1) is 0 Å². The van der Waals surface area contributed by atoms with Crippen molar-refractivity contribution in [3.63, 3.8) is 0 Å². The quantitative estimate of drug-likeness (QED) is 0.684. The second kappa shape index (κ2) is 8.81. The van der Waals surface area contributed by atoms with E-state index in [1.807, 2.05) is 0 Å². The average molecular weight is 336 g/mol. The standard InChI is InChI=1S/C18H32N4O2/c23-17-15-7-6-14-22(15)12-4-2-10-20-18(24)16-8-5-13-21(16)11-3-1-9-19-17/h15-16H,1-14H2,(H,19,23)(H,20,24)/t15-,16-/m0/s1. The van der Waals surface area contributed by atoms with Gasteiger partial charge in [-0.3, -0.25) is 19.4 Å². The molecular weight excluding hydrogens is 304 g/mol. The molecule has 0 spiro atoms. The summed E-state index contributed by atoms with van der Waals surface area (Å²) in [5, 5.41) is 6.25. The predicted octanol–water partition coefficient (Wildman–Crippen LogP) is 0.722. The van der Waals surface area contributed by atoms with E-state index in [4.69, 9.17) is 0 Å². The SMILES string of the molecule is O=C1NCCCCN2CCC[C@H]2C(=O)NCCCCN2CCC[C@@H]12. The van der Waals surface area contributed by atoms with Crippen molar-refractivity contribution in [2.75, 3.05) is 39.3 Å². The third-order valence-corrected chi connectivity index (χ3v) is 5.68. The molecule has 3 fully saturated rings. The van der Waals surface area contributed by atoms with E-state index < -0.39 is 0 Å². The van der Waals surface area contributed by atoms with Crippen molar-refractivity contribution in [2.24, 2.45) is 0 Å². The summed E-state index contributed by atoms with van der Waals surface area (Å²) in [6.07, 6.45) is 8.26. The second-order valence-electron chi connectivity index (χ2n) is 7.38. The Balaban J connectivity index is 1.55. The van der Waals surface area contributed by atoms with Gasteiger partial charge in [0, 0.05) is 13.1 Å². The first kappa shape index (κ1) is 17.7. The monoisotopic (exact) mass is 336 g/mol. The van der Waals surface area contributed by atoms with Crippen molar-refractivity contribution in [2.45, 2.75) is 63.5 Å². The maximum absolute atomic E-state index is 12.4. The van der Waals surface area contributed by atoms with Crippen molar-refractivity contribution < 1.29 is 9.59 Å². The first-order valence-corrected chi connectivity index (χ1v) is 9.79. The Morgan fingerprint density at radius 2 is 1.04 bits per heavy atom. The van der Waals surface area contributed by atoms with Gasteiger partial charge in [-0.2, -0.15) is 0 Å². The highest BCUT2D eigenvalue weighted by atomic mass is 16.2. The van der Waals surface area contributed by atoms with Crippen LogP contribution in [0.4, 0.5) is 0 Å². The number of hydrogen-bond acceptors (Lipinski definition) is 4. The Bertz CT molecular complexity index is 403. The maximum atomic E-state index is 12.4. The topological polar surface area (TPSA) is 64.7 Å². The van der Waals surface area contributed by atoms with Crippen molar-refractivity contribution >= 4 is 11.8 Å². The van der Waals surface area contributed by atoms with Gasteiger partial charge in [-0.25, -0.2) is 0 Å². The zero-order valence-corrected chi connectivity index (χ0v) is 14.8. The highest BCUT2D eigenvalue weighted by molar-refractivity contribution is 5.82. The van der Waals surface area contributed by atoms with Crippen LogP contribution in [0.5, 0.6) is 0 Å². The molecule has 0 aliphatic carbocycles. The summed E-state index contributed by atoms with van der Waals surface area (Å²) in [4.78, 5) is 29.4. The van der Waals surface area contributed by atoms with Crippen LogP contribution in [0.15, 0.2) is 0 Å². The summed E-state index contributed by atoms with van der Waals surface area (Å²) in [6, 6.07) is 0.130. The number of nitrogens with zero attached hydrogens (tertiary/aromatic N) is 2. The van der Waals surface area contributed by atoms with Crippen molar-refractivity contribution in [3.05, 3.63) is 0 Å². The minimum atomic E-state index is 0.0652. The first-order chi connectivity index (χ1) is 11.8. The van der Waals surface area contributed by atoms with Crippen molar-refractivity contribution in [3.8, 4) is 0 Å². The van der Waals surface area contributed by atoms with Crippen molar-refractivity contribution in [1.82, 2.24) is 20.4 Å². The zero-order chi connectivity index (χ0) is 16.8. The number of fused-ring (bicyclic) bond motifs is 2. The van der Waals surface area contributed by atoms with Gasteiger partial charge in [0.15, 0.2) is 0 Å². The van der Waals surface area contributed by atoms with Crippen LogP contribution >= 0.6 is 0 Å². The summed E-state index contributed by atoms with van der Waals surface area (Å²) in [5.74, 6) is 0.430. The molecule has 24 heavy (non-hydrogen) atoms. The third-order valence-electron chi connectivity index (χ3n) is 5.68. The van der Waals surface area contributed by atoms with Gasteiger partial charge in [0.25, 0.3) is 0 Å². The molecule has 2 atom stereocenters. The molecule has 6 nitrogen and oxygen atoms in total. The van der Waals surface area contributed by atoms with E-state index in [1.54, 1.807) is 0 Å². The predicted molar refractivity (Wildman–Crippen MR) is 93.7 cm³/mol. The van der Waals surface area contributed by atoms with Gasteiger partial charge in [0.1, 0.15) is 0 Å². The molecule has 136 valence electrons. The smallest absolute Gasteiger partial charge is 0.237 e. The molecule has 0 aromatic carbocycles. The Morgan fingerprint density at radius 3 is 1.50 bits per heavy atom. The lowest BCUT2D eigenvalue weighted by Gasteiger charge is -2.25. The molecule has 0 saturated carbocycles. The second-order valence-corrected chi connectivity index (χ2v) is 7.38. The molecular formula is C18H32N4O2. The number of nitrogens with one attached hydrogen (secondary N) is 2. The first-order valence-electron chi connectivity index (χ1n) is 9.79. The molecule has 0 unspecified atom stereocenters. The molecule has 3 heterocycles. The highest BCUT2D eigenvalue weighted by Gasteiger charge is 2.31. The zero-order valence-electron chi connectivity index (χ0n) is 14.8. The third kappa shape index (κ3) is 4.48.